The lowest BCUT2D eigenvalue weighted by atomic mass is 9.81. The Kier molecular flexibility index (Phi) is 4.94. The summed E-state index contributed by atoms with van der Waals surface area (Å²) in [6.07, 6.45) is 3.85. The maximum Gasteiger partial charge on any atom is 0.240 e. The summed E-state index contributed by atoms with van der Waals surface area (Å²) in [7, 11) is -3.54. The molecule has 0 saturated carbocycles. The van der Waals surface area contributed by atoms with Gasteiger partial charge in [-0.15, -0.1) is 0 Å². The van der Waals surface area contributed by atoms with E-state index in [1.54, 1.807) is 18.2 Å². The number of hydrogen-bond acceptors (Lipinski definition) is 4. The van der Waals surface area contributed by atoms with Gasteiger partial charge in [0.25, 0.3) is 0 Å². The summed E-state index contributed by atoms with van der Waals surface area (Å²) in [5, 5.41) is 6.13. The molecule has 2 aliphatic heterocycles. The largest absolute Gasteiger partial charge is 0.326 e. The fourth-order valence-corrected chi connectivity index (χ4v) is 4.53. The molecule has 1 saturated heterocycles. The first-order valence-electron chi connectivity index (χ1n) is 8.51. The van der Waals surface area contributed by atoms with Crippen LogP contribution in [0, 0.1) is 5.41 Å². The van der Waals surface area contributed by atoms with Gasteiger partial charge >= 0.3 is 0 Å². The highest BCUT2D eigenvalue weighted by Gasteiger charge is 2.29. The number of amides is 1. The van der Waals surface area contributed by atoms with Crippen LogP contribution < -0.4 is 15.4 Å². The number of nitrogens with one attached hydrogen (secondary N) is 3. The molecule has 1 aromatic rings. The van der Waals surface area contributed by atoms with E-state index in [1.807, 2.05) is 0 Å². The van der Waals surface area contributed by atoms with E-state index >= 15 is 0 Å². The molecule has 6 nitrogen and oxygen atoms in total. The van der Waals surface area contributed by atoms with Crippen LogP contribution in [0.2, 0.25) is 0 Å². The minimum absolute atomic E-state index is 0.00200. The van der Waals surface area contributed by atoms with Crippen LogP contribution in [0.25, 0.3) is 0 Å². The Bertz CT molecular complexity index is 725. The van der Waals surface area contributed by atoms with Crippen LogP contribution in [-0.2, 0) is 21.2 Å². The minimum Gasteiger partial charge on any atom is -0.326 e. The number of piperidine rings is 1. The molecule has 0 radical (unpaired) electrons. The van der Waals surface area contributed by atoms with Gasteiger partial charge in [0.15, 0.2) is 0 Å². The van der Waals surface area contributed by atoms with E-state index in [0.717, 1.165) is 43.6 Å². The molecule has 0 aromatic heterocycles. The summed E-state index contributed by atoms with van der Waals surface area (Å²) in [5.74, 6) is -0.0127. The molecule has 0 spiro atoms. The molecule has 0 bridgehead atoms. The van der Waals surface area contributed by atoms with Crippen LogP contribution in [0.15, 0.2) is 23.1 Å². The number of hydrogen-bond donors (Lipinski definition) is 3. The number of anilines is 1. The molecule has 24 heavy (non-hydrogen) atoms. The van der Waals surface area contributed by atoms with Crippen molar-refractivity contribution in [2.75, 3.05) is 25.0 Å². The number of carbonyl (C=O) groups excluding carboxylic acids is 1. The number of aryl methyl sites for hydroxylation is 1. The second-order valence-corrected chi connectivity index (χ2v) is 8.87. The van der Waals surface area contributed by atoms with Crippen molar-refractivity contribution in [1.29, 1.82) is 0 Å². The van der Waals surface area contributed by atoms with Crippen molar-refractivity contribution in [2.45, 2.75) is 43.9 Å². The monoisotopic (exact) mass is 351 g/mol. The number of carbonyl (C=O) groups is 1. The van der Waals surface area contributed by atoms with E-state index in [9.17, 15) is 13.2 Å². The Morgan fingerprint density at radius 3 is 2.71 bits per heavy atom. The lowest BCUT2D eigenvalue weighted by Gasteiger charge is -2.34. The van der Waals surface area contributed by atoms with E-state index in [1.165, 1.54) is 0 Å². The zero-order chi connectivity index (χ0) is 17.2. The highest BCUT2D eigenvalue weighted by molar-refractivity contribution is 7.89. The van der Waals surface area contributed by atoms with Gasteiger partial charge in [-0.05, 0) is 68.0 Å². The molecular weight excluding hydrogens is 326 g/mol. The first kappa shape index (κ1) is 17.4. The van der Waals surface area contributed by atoms with Crippen LogP contribution in [0.4, 0.5) is 5.69 Å². The van der Waals surface area contributed by atoms with Gasteiger partial charge in [-0.2, -0.15) is 0 Å². The number of sulfonamides is 1. The molecule has 0 aliphatic carbocycles. The molecule has 3 rings (SSSR count). The molecular formula is C17H25N3O3S. The van der Waals surface area contributed by atoms with Gasteiger partial charge in [0.1, 0.15) is 0 Å². The van der Waals surface area contributed by atoms with Crippen molar-refractivity contribution in [3.8, 4) is 0 Å². The first-order chi connectivity index (χ1) is 11.4. The molecule has 3 N–H and O–H groups in total. The molecule has 1 fully saturated rings. The highest BCUT2D eigenvalue weighted by Crippen LogP contribution is 2.28. The van der Waals surface area contributed by atoms with Crippen LogP contribution in [0.5, 0.6) is 0 Å². The minimum atomic E-state index is -3.54. The molecule has 1 aromatic carbocycles. The predicted octanol–water partition coefficient (Wildman–Crippen LogP) is 1.63. The standard InChI is InChI=1S/C17H25N3O3S/c1-17(7-9-18-10-8-17)12-19-24(22,23)14-5-6-15-13(11-14)3-2-4-16(21)20-15/h5-6,11,18-19H,2-4,7-10,12H2,1H3,(H,20,21). The molecule has 7 heteroatoms. The average molecular weight is 351 g/mol. The van der Waals surface area contributed by atoms with E-state index in [0.29, 0.717) is 19.4 Å². The third-order valence-corrected chi connectivity index (χ3v) is 6.41. The smallest absolute Gasteiger partial charge is 0.240 e. The van der Waals surface area contributed by atoms with Crippen molar-refractivity contribution in [3.05, 3.63) is 23.8 Å². The van der Waals surface area contributed by atoms with Crippen molar-refractivity contribution >= 4 is 21.6 Å². The van der Waals surface area contributed by atoms with Gasteiger partial charge in [-0.3, -0.25) is 4.79 Å². The van der Waals surface area contributed by atoms with Gasteiger partial charge in [-0.1, -0.05) is 6.92 Å². The fraction of sp³-hybridized carbons (Fsp3) is 0.588. The molecule has 2 aliphatic rings. The second-order valence-electron chi connectivity index (χ2n) is 7.11. The van der Waals surface area contributed by atoms with E-state index in [-0.39, 0.29) is 16.2 Å². The SMILES string of the molecule is CC1(CNS(=O)(=O)c2ccc3c(c2)CCCC(=O)N3)CCNCC1. The Morgan fingerprint density at radius 1 is 1.21 bits per heavy atom. The van der Waals surface area contributed by atoms with Crippen LogP contribution in [0.1, 0.15) is 38.2 Å². The normalized spacial score (nSPS) is 20.8. The summed E-state index contributed by atoms with van der Waals surface area (Å²) in [6.45, 7) is 4.43. The van der Waals surface area contributed by atoms with Gasteiger partial charge in [0.05, 0.1) is 4.90 Å². The predicted molar refractivity (Wildman–Crippen MR) is 93.4 cm³/mol. The van der Waals surface area contributed by atoms with Crippen LogP contribution in [0.3, 0.4) is 0 Å². The zero-order valence-corrected chi connectivity index (χ0v) is 14.8. The molecule has 2 heterocycles. The van der Waals surface area contributed by atoms with Crippen LogP contribution in [-0.4, -0.2) is 34.0 Å². The van der Waals surface area contributed by atoms with Crippen molar-refractivity contribution in [1.82, 2.24) is 10.0 Å². The lowest BCUT2D eigenvalue weighted by Crippen LogP contribution is -2.42. The van der Waals surface area contributed by atoms with Crippen molar-refractivity contribution < 1.29 is 13.2 Å². The number of fused-ring (bicyclic) bond motifs is 1. The summed E-state index contributed by atoms with van der Waals surface area (Å²) < 4.78 is 28.1. The van der Waals surface area contributed by atoms with Crippen molar-refractivity contribution in [3.63, 3.8) is 0 Å². The third kappa shape index (κ3) is 3.96. The van der Waals surface area contributed by atoms with Crippen LogP contribution >= 0.6 is 0 Å². The summed E-state index contributed by atoms with van der Waals surface area (Å²) in [4.78, 5) is 11.9. The summed E-state index contributed by atoms with van der Waals surface area (Å²) >= 11 is 0. The summed E-state index contributed by atoms with van der Waals surface area (Å²) in [6, 6.07) is 4.95. The Balaban J connectivity index is 1.75. The molecule has 132 valence electrons. The fourth-order valence-electron chi connectivity index (χ4n) is 3.28. The quantitative estimate of drug-likeness (QED) is 0.769. The molecule has 0 atom stereocenters. The molecule has 0 unspecified atom stereocenters. The Morgan fingerprint density at radius 2 is 1.96 bits per heavy atom. The second kappa shape index (κ2) is 6.82. The topological polar surface area (TPSA) is 87.3 Å². The van der Waals surface area contributed by atoms with E-state index in [4.69, 9.17) is 0 Å². The number of benzene rings is 1. The summed E-state index contributed by atoms with van der Waals surface area (Å²) in [5.41, 5.74) is 1.61. The van der Waals surface area contributed by atoms with Gasteiger partial charge in [-0.25, -0.2) is 13.1 Å². The van der Waals surface area contributed by atoms with E-state index in [2.05, 4.69) is 22.3 Å². The van der Waals surface area contributed by atoms with Gasteiger partial charge in [0, 0.05) is 18.7 Å². The molecule has 1 amide bonds. The first-order valence-corrected chi connectivity index (χ1v) is 10.00. The highest BCUT2D eigenvalue weighted by atomic mass is 32.2. The maximum atomic E-state index is 12.6. The van der Waals surface area contributed by atoms with Crippen molar-refractivity contribution in [2.24, 2.45) is 5.41 Å². The van der Waals surface area contributed by atoms with Gasteiger partial charge in [0.2, 0.25) is 15.9 Å². The van der Waals surface area contributed by atoms with Gasteiger partial charge < -0.3 is 10.6 Å². The average Bonchev–Trinajstić information content (AvgIpc) is 2.74. The Hall–Kier alpha value is -1.44. The Labute approximate surface area is 143 Å². The zero-order valence-electron chi connectivity index (χ0n) is 14.0. The number of rotatable bonds is 4. The third-order valence-electron chi connectivity index (χ3n) is 5.01. The van der Waals surface area contributed by atoms with E-state index < -0.39 is 10.0 Å². The lowest BCUT2D eigenvalue weighted by molar-refractivity contribution is -0.116. The maximum absolute atomic E-state index is 12.6.